The molecule has 25 heavy (non-hydrogen) atoms. The third kappa shape index (κ3) is 6.92. The second-order valence-electron chi connectivity index (χ2n) is 5.73. The molecule has 0 heterocycles. The minimum atomic E-state index is -0.112. The van der Waals surface area contributed by atoms with Crippen molar-refractivity contribution in [2.24, 2.45) is 0 Å². The molecule has 3 heteroatoms. The Bertz CT molecular complexity index is 684. The Morgan fingerprint density at radius 3 is 1.88 bits per heavy atom. The van der Waals surface area contributed by atoms with E-state index in [9.17, 15) is 4.79 Å². The molecule has 0 atom stereocenters. The monoisotopic (exact) mass is 332 g/mol. The van der Waals surface area contributed by atoms with Crippen molar-refractivity contribution in [3.05, 3.63) is 96.3 Å². The molecule has 2 aromatic rings. The average molecular weight is 332 g/mol. The smallest absolute Gasteiger partial charge is 0.246 e. The number of nitrogens with zero attached hydrogens (tertiary/aromatic N) is 1. The SMILES string of the molecule is C=C(C)C(=O)NCCN(C=Cc1ccccc1)C=Cc1ccccc1. The van der Waals surface area contributed by atoms with Gasteiger partial charge in [0.25, 0.3) is 0 Å². The van der Waals surface area contributed by atoms with Gasteiger partial charge in [-0.3, -0.25) is 4.79 Å². The second kappa shape index (κ2) is 9.93. The average Bonchev–Trinajstić information content (AvgIpc) is 2.65. The van der Waals surface area contributed by atoms with Crippen LogP contribution in [0.5, 0.6) is 0 Å². The lowest BCUT2D eigenvalue weighted by Crippen LogP contribution is -2.30. The van der Waals surface area contributed by atoms with Crippen molar-refractivity contribution in [1.82, 2.24) is 10.2 Å². The fourth-order valence-electron chi connectivity index (χ4n) is 2.14. The van der Waals surface area contributed by atoms with Gasteiger partial charge in [-0.05, 0) is 30.2 Å². The maximum atomic E-state index is 11.6. The molecule has 0 saturated heterocycles. The number of hydrogen-bond donors (Lipinski definition) is 1. The normalized spacial score (nSPS) is 10.9. The van der Waals surface area contributed by atoms with Crippen molar-refractivity contribution in [2.75, 3.05) is 13.1 Å². The summed E-state index contributed by atoms with van der Waals surface area (Å²) in [4.78, 5) is 13.7. The van der Waals surface area contributed by atoms with E-state index in [2.05, 4.69) is 53.2 Å². The van der Waals surface area contributed by atoms with Crippen molar-refractivity contribution >= 4 is 18.1 Å². The summed E-state index contributed by atoms with van der Waals surface area (Å²) in [7, 11) is 0. The Hall–Kier alpha value is -3.07. The molecule has 2 aromatic carbocycles. The van der Waals surface area contributed by atoms with Gasteiger partial charge < -0.3 is 10.2 Å². The first kappa shape index (κ1) is 18.3. The van der Waals surface area contributed by atoms with E-state index < -0.39 is 0 Å². The van der Waals surface area contributed by atoms with Crippen LogP contribution in [-0.2, 0) is 4.79 Å². The first-order chi connectivity index (χ1) is 12.1. The Balaban J connectivity index is 2.02. The van der Waals surface area contributed by atoms with Crippen LogP contribution in [0.4, 0.5) is 0 Å². The van der Waals surface area contributed by atoms with E-state index in [0.717, 1.165) is 11.1 Å². The van der Waals surface area contributed by atoms with Crippen molar-refractivity contribution < 1.29 is 4.79 Å². The van der Waals surface area contributed by atoms with E-state index in [4.69, 9.17) is 0 Å². The van der Waals surface area contributed by atoms with Crippen molar-refractivity contribution in [3.8, 4) is 0 Å². The highest BCUT2D eigenvalue weighted by Crippen LogP contribution is 2.06. The predicted octanol–water partition coefficient (Wildman–Crippen LogP) is 4.32. The third-order valence-electron chi connectivity index (χ3n) is 3.56. The zero-order chi connectivity index (χ0) is 17.9. The van der Waals surface area contributed by atoms with Crippen LogP contribution < -0.4 is 5.32 Å². The maximum absolute atomic E-state index is 11.6. The number of benzene rings is 2. The summed E-state index contributed by atoms with van der Waals surface area (Å²) < 4.78 is 0. The zero-order valence-corrected chi connectivity index (χ0v) is 14.6. The Morgan fingerprint density at radius 1 is 0.960 bits per heavy atom. The van der Waals surface area contributed by atoms with E-state index in [0.29, 0.717) is 18.7 Å². The molecule has 2 rings (SSSR count). The molecule has 0 aromatic heterocycles. The van der Waals surface area contributed by atoms with Gasteiger partial charge in [0.2, 0.25) is 5.91 Å². The topological polar surface area (TPSA) is 32.3 Å². The van der Waals surface area contributed by atoms with Crippen LogP contribution in [0, 0.1) is 0 Å². The van der Waals surface area contributed by atoms with E-state index >= 15 is 0 Å². The summed E-state index contributed by atoms with van der Waals surface area (Å²) in [6.45, 7) is 6.58. The van der Waals surface area contributed by atoms with Crippen LogP contribution in [0.1, 0.15) is 18.1 Å². The molecule has 0 aliphatic carbocycles. The fraction of sp³-hybridized carbons (Fsp3) is 0.136. The standard InChI is InChI=1S/C22H24N2O/c1-19(2)22(25)23-15-18-24(16-13-20-9-5-3-6-10-20)17-14-21-11-7-4-8-12-21/h3-14,16-17H,1,15,18H2,2H3,(H,23,25). The number of hydrogen-bond acceptors (Lipinski definition) is 2. The molecule has 0 fully saturated rings. The van der Waals surface area contributed by atoms with Crippen LogP contribution in [-0.4, -0.2) is 23.9 Å². The Morgan fingerprint density at radius 2 is 1.44 bits per heavy atom. The minimum absolute atomic E-state index is 0.112. The maximum Gasteiger partial charge on any atom is 0.246 e. The van der Waals surface area contributed by atoms with Gasteiger partial charge in [0.15, 0.2) is 0 Å². The van der Waals surface area contributed by atoms with E-state index in [1.165, 1.54) is 0 Å². The summed E-state index contributed by atoms with van der Waals surface area (Å²) >= 11 is 0. The zero-order valence-electron chi connectivity index (χ0n) is 14.6. The molecule has 1 N–H and O–H groups in total. The fourth-order valence-corrected chi connectivity index (χ4v) is 2.14. The van der Waals surface area contributed by atoms with Gasteiger partial charge >= 0.3 is 0 Å². The van der Waals surface area contributed by atoms with E-state index in [1.54, 1.807) is 6.92 Å². The molecule has 0 bridgehead atoms. The van der Waals surface area contributed by atoms with Crippen LogP contribution in [0.25, 0.3) is 12.2 Å². The van der Waals surface area contributed by atoms with Gasteiger partial charge in [0.05, 0.1) is 0 Å². The summed E-state index contributed by atoms with van der Waals surface area (Å²) in [5.74, 6) is -0.112. The molecule has 0 aliphatic heterocycles. The van der Waals surface area contributed by atoms with Gasteiger partial charge in [0.1, 0.15) is 0 Å². The summed E-state index contributed by atoms with van der Waals surface area (Å²) in [5.41, 5.74) is 2.78. The lowest BCUT2D eigenvalue weighted by molar-refractivity contribution is -0.117. The van der Waals surface area contributed by atoms with Crippen molar-refractivity contribution in [3.63, 3.8) is 0 Å². The largest absolute Gasteiger partial charge is 0.352 e. The lowest BCUT2D eigenvalue weighted by atomic mass is 10.2. The number of nitrogens with one attached hydrogen (secondary N) is 1. The van der Waals surface area contributed by atoms with Crippen molar-refractivity contribution in [2.45, 2.75) is 6.92 Å². The minimum Gasteiger partial charge on any atom is -0.352 e. The van der Waals surface area contributed by atoms with Gasteiger partial charge in [-0.1, -0.05) is 67.2 Å². The summed E-state index contributed by atoms with van der Waals surface area (Å²) in [6, 6.07) is 20.3. The molecular weight excluding hydrogens is 308 g/mol. The highest BCUT2D eigenvalue weighted by Gasteiger charge is 2.01. The molecule has 0 unspecified atom stereocenters. The van der Waals surface area contributed by atoms with Gasteiger partial charge in [0, 0.05) is 31.1 Å². The molecule has 0 saturated carbocycles. The number of rotatable bonds is 8. The van der Waals surface area contributed by atoms with Crippen LogP contribution in [0.2, 0.25) is 0 Å². The Labute approximate surface area is 150 Å². The first-order valence-electron chi connectivity index (χ1n) is 8.31. The number of amides is 1. The Kier molecular flexibility index (Phi) is 7.26. The van der Waals surface area contributed by atoms with Crippen LogP contribution in [0.15, 0.2) is 85.2 Å². The van der Waals surface area contributed by atoms with Gasteiger partial charge in [-0.25, -0.2) is 0 Å². The number of carbonyl (C=O) groups is 1. The molecule has 0 aliphatic rings. The molecular formula is C22H24N2O. The molecule has 128 valence electrons. The molecule has 0 radical (unpaired) electrons. The van der Waals surface area contributed by atoms with E-state index in [1.807, 2.05) is 48.8 Å². The third-order valence-corrected chi connectivity index (χ3v) is 3.56. The van der Waals surface area contributed by atoms with Gasteiger partial charge in [-0.2, -0.15) is 0 Å². The van der Waals surface area contributed by atoms with E-state index in [-0.39, 0.29) is 5.91 Å². The van der Waals surface area contributed by atoms with Gasteiger partial charge in [-0.15, -0.1) is 0 Å². The summed E-state index contributed by atoms with van der Waals surface area (Å²) in [6.07, 6.45) is 8.13. The lowest BCUT2D eigenvalue weighted by Gasteiger charge is -2.16. The second-order valence-corrected chi connectivity index (χ2v) is 5.73. The predicted molar refractivity (Wildman–Crippen MR) is 105 cm³/mol. The molecule has 1 amide bonds. The van der Waals surface area contributed by atoms with Crippen LogP contribution >= 0.6 is 0 Å². The molecule has 0 spiro atoms. The van der Waals surface area contributed by atoms with Crippen molar-refractivity contribution in [1.29, 1.82) is 0 Å². The van der Waals surface area contributed by atoms with Crippen LogP contribution in [0.3, 0.4) is 0 Å². The highest BCUT2D eigenvalue weighted by atomic mass is 16.1. The quantitative estimate of drug-likeness (QED) is 0.730. The highest BCUT2D eigenvalue weighted by molar-refractivity contribution is 5.92. The first-order valence-corrected chi connectivity index (χ1v) is 8.31. The molecule has 3 nitrogen and oxygen atoms in total. The summed E-state index contributed by atoms with van der Waals surface area (Å²) in [5, 5.41) is 2.86. The number of carbonyl (C=O) groups excluding carboxylic acids is 1.